The molecule has 0 bridgehead atoms. The second-order valence-electron chi connectivity index (χ2n) is 17.3. The molecule has 11 heteroatoms. The molecule has 0 saturated heterocycles. The van der Waals surface area contributed by atoms with Gasteiger partial charge in [-0.25, -0.2) is 4.57 Å². The summed E-state index contributed by atoms with van der Waals surface area (Å²) in [6.07, 6.45) is 65.1. The van der Waals surface area contributed by atoms with Gasteiger partial charge in [-0.15, -0.1) is 0 Å². The van der Waals surface area contributed by atoms with E-state index >= 15 is 0 Å². The third-order valence-electron chi connectivity index (χ3n) is 10.9. The molecule has 0 aliphatic heterocycles. The number of carboxylic acids is 1. The van der Waals surface area contributed by atoms with Crippen molar-refractivity contribution in [3.8, 4) is 0 Å². The molecule has 3 atom stereocenters. The number of carbonyl (C=O) groups is 2. The number of nitrogens with two attached hydrogens (primary N) is 1. The van der Waals surface area contributed by atoms with Crippen LogP contribution in [-0.2, 0) is 32.7 Å². The second kappa shape index (κ2) is 50.0. The standard InChI is InChI=1S/C55H96NO9P/c1-3-5-7-9-11-13-15-17-19-21-23-25-26-27-29-31-33-35-37-39-41-43-45-47-54(57)65-52(50-63-66(60,61)64-51-53(56)55(58)59)49-62-48-46-44-42-40-38-36-34-32-30-28-24-22-20-18-16-14-12-10-8-6-4-2/h5,7,11,13,17,19,23,25,27,29,33,35,39,41,52-53H,3-4,6,8-10,12,14-16,18,20-22,24,26,28,30-32,34,36-38,40,42-51,56H2,1-2H3,(H,58,59)(H,60,61)/b7-5-,13-11-,19-17-,25-23-,29-27-,35-33-,41-39-. The first-order valence-corrected chi connectivity index (χ1v) is 27.6. The van der Waals surface area contributed by atoms with Crippen molar-refractivity contribution in [3.05, 3.63) is 85.1 Å². The lowest BCUT2D eigenvalue weighted by Gasteiger charge is -2.20. The van der Waals surface area contributed by atoms with Gasteiger partial charge in [-0.05, 0) is 64.2 Å². The number of phosphoric acid groups is 1. The third kappa shape index (κ3) is 49.1. The van der Waals surface area contributed by atoms with Crippen LogP contribution in [-0.4, -0.2) is 60.5 Å². The lowest BCUT2D eigenvalue weighted by Crippen LogP contribution is -2.34. The molecule has 0 fully saturated rings. The summed E-state index contributed by atoms with van der Waals surface area (Å²) in [5, 5.41) is 8.93. The first kappa shape index (κ1) is 63.1. The fraction of sp³-hybridized carbons (Fsp3) is 0.709. The number of carboxylic acid groups (broad SMARTS) is 1. The topological polar surface area (TPSA) is 155 Å². The van der Waals surface area contributed by atoms with E-state index in [0.29, 0.717) is 19.4 Å². The van der Waals surface area contributed by atoms with Gasteiger partial charge in [-0.3, -0.25) is 18.6 Å². The van der Waals surface area contributed by atoms with Crippen molar-refractivity contribution in [3.63, 3.8) is 0 Å². The van der Waals surface area contributed by atoms with Crippen LogP contribution < -0.4 is 5.73 Å². The first-order valence-electron chi connectivity index (χ1n) is 26.1. The molecule has 0 radical (unpaired) electrons. The summed E-state index contributed by atoms with van der Waals surface area (Å²) in [7, 11) is -4.64. The minimum Gasteiger partial charge on any atom is -0.480 e. The minimum absolute atomic E-state index is 0.00850. The molecule has 0 saturated carbocycles. The zero-order valence-corrected chi connectivity index (χ0v) is 42.7. The molecule has 4 N–H and O–H groups in total. The zero-order valence-electron chi connectivity index (χ0n) is 41.8. The van der Waals surface area contributed by atoms with Crippen molar-refractivity contribution in [2.75, 3.05) is 26.4 Å². The second-order valence-corrected chi connectivity index (χ2v) is 18.7. The lowest BCUT2D eigenvalue weighted by molar-refractivity contribution is -0.154. The number of esters is 1. The number of hydrogen-bond acceptors (Lipinski definition) is 8. The van der Waals surface area contributed by atoms with Crippen molar-refractivity contribution < 1.29 is 42.7 Å². The van der Waals surface area contributed by atoms with E-state index in [4.69, 9.17) is 29.4 Å². The average molecular weight is 946 g/mol. The van der Waals surface area contributed by atoms with E-state index in [1.54, 1.807) is 0 Å². The van der Waals surface area contributed by atoms with Crippen LogP contribution in [0.2, 0.25) is 0 Å². The fourth-order valence-corrected chi connectivity index (χ4v) is 7.73. The van der Waals surface area contributed by atoms with Crippen LogP contribution in [0, 0.1) is 0 Å². The van der Waals surface area contributed by atoms with Gasteiger partial charge in [-0.1, -0.05) is 227 Å². The summed E-state index contributed by atoms with van der Waals surface area (Å²) in [5.41, 5.74) is 5.37. The third-order valence-corrected chi connectivity index (χ3v) is 11.9. The van der Waals surface area contributed by atoms with Crippen LogP contribution in [0.25, 0.3) is 0 Å². The quantitative estimate of drug-likeness (QED) is 0.0232. The molecule has 10 nitrogen and oxygen atoms in total. The molecular formula is C55H96NO9P. The Balaban J connectivity index is 4.25. The van der Waals surface area contributed by atoms with Gasteiger partial charge in [0, 0.05) is 13.0 Å². The predicted octanol–water partition coefficient (Wildman–Crippen LogP) is 15.5. The van der Waals surface area contributed by atoms with Crippen molar-refractivity contribution >= 4 is 19.8 Å². The number of carbonyl (C=O) groups excluding carboxylic acids is 1. The number of phosphoric ester groups is 1. The zero-order chi connectivity index (χ0) is 48.3. The molecule has 0 spiro atoms. The van der Waals surface area contributed by atoms with Crippen LogP contribution in [0.5, 0.6) is 0 Å². The van der Waals surface area contributed by atoms with E-state index < -0.39 is 45.1 Å². The van der Waals surface area contributed by atoms with Crippen LogP contribution in [0.15, 0.2) is 85.1 Å². The van der Waals surface area contributed by atoms with Gasteiger partial charge in [0.15, 0.2) is 0 Å². The fourth-order valence-electron chi connectivity index (χ4n) is 6.95. The van der Waals surface area contributed by atoms with Crippen molar-refractivity contribution in [2.45, 2.75) is 225 Å². The van der Waals surface area contributed by atoms with Gasteiger partial charge in [0.2, 0.25) is 0 Å². The molecule has 66 heavy (non-hydrogen) atoms. The van der Waals surface area contributed by atoms with E-state index in [-0.39, 0.29) is 13.0 Å². The van der Waals surface area contributed by atoms with Crippen molar-refractivity contribution in [1.82, 2.24) is 0 Å². The Labute approximate surface area is 403 Å². The highest BCUT2D eigenvalue weighted by Crippen LogP contribution is 2.43. The van der Waals surface area contributed by atoms with E-state index in [9.17, 15) is 19.0 Å². The van der Waals surface area contributed by atoms with Gasteiger partial charge in [0.1, 0.15) is 12.1 Å². The summed E-state index contributed by atoms with van der Waals surface area (Å²) >= 11 is 0. The number of rotatable bonds is 49. The van der Waals surface area contributed by atoms with Crippen LogP contribution >= 0.6 is 7.82 Å². The van der Waals surface area contributed by atoms with Gasteiger partial charge in [0.05, 0.1) is 19.8 Å². The first-order chi connectivity index (χ1) is 32.2. The number of aliphatic carboxylic acids is 1. The maximum Gasteiger partial charge on any atom is 0.472 e. The molecule has 0 aromatic heterocycles. The maximum absolute atomic E-state index is 12.7. The van der Waals surface area contributed by atoms with Gasteiger partial charge >= 0.3 is 19.8 Å². The molecule has 0 aromatic carbocycles. The number of hydrogen-bond donors (Lipinski definition) is 3. The molecule has 0 amide bonds. The Morgan fingerprint density at radius 3 is 1.26 bits per heavy atom. The number of allylic oxidation sites excluding steroid dienone is 14. The van der Waals surface area contributed by atoms with E-state index in [1.165, 1.54) is 116 Å². The SMILES string of the molecule is CC/C=C\C/C=C\C/C=C\C/C=C\C/C=C\C/C=C\C/C=C\CCCC(=O)OC(COCCCCCCCCCCCCCCCCCCCCCCC)COP(=O)(O)OCC(N)C(=O)O. The molecule has 0 heterocycles. The summed E-state index contributed by atoms with van der Waals surface area (Å²) in [4.78, 5) is 33.7. The number of ether oxygens (including phenoxy) is 2. The van der Waals surface area contributed by atoms with Gasteiger partial charge in [-0.2, -0.15) is 0 Å². The molecule has 0 aliphatic carbocycles. The molecule has 0 rings (SSSR count). The Bertz CT molecular complexity index is 1370. The van der Waals surface area contributed by atoms with E-state index in [0.717, 1.165) is 64.2 Å². The van der Waals surface area contributed by atoms with E-state index in [2.05, 4.69) is 92.8 Å². The largest absolute Gasteiger partial charge is 0.480 e. The Hall–Kier alpha value is -2.85. The molecule has 0 aliphatic rings. The monoisotopic (exact) mass is 946 g/mol. The molecule has 0 aromatic rings. The van der Waals surface area contributed by atoms with Crippen molar-refractivity contribution in [2.24, 2.45) is 5.73 Å². The van der Waals surface area contributed by atoms with Crippen LogP contribution in [0.4, 0.5) is 0 Å². The average Bonchev–Trinajstić information content (AvgIpc) is 3.30. The summed E-state index contributed by atoms with van der Waals surface area (Å²) < 4.78 is 33.5. The van der Waals surface area contributed by atoms with Crippen LogP contribution in [0.1, 0.15) is 213 Å². The van der Waals surface area contributed by atoms with Gasteiger partial charge in [0.25, 0.3) is 0 Å². The summed E-state index contributed by atoms with van der Waals surface area (Å²) in [6.45, 7) is 3.72. The predicted molar refractivity (Wildman–Crippen MR) is 276 cm³/mol. The Kier molecular flexibility index (Phi) is 47.9. The Morgan fingerprint density at radius 1 is 0.500 bits per heavy atom. The molecule has 3 unspecified atom stereocenters. The molecule has 380 valence electrons. The Morgan fingerprint density at radius 2 is 0.864 bits per heavy atom. The highest BCUT2D eigenvalue weighted by atomic mass is 31.2. The normalized spacial score (nSPS) is 14.4. The highest BCUT2D eigenvalue weighted by molar-refractivity contribution is 7.47. The smallest absolute Gasteiger partial charge is 0.472 e. The highest BCUT2D eigenvalue weighted by Gasteiger charge is 2.27. The van der Waals surface area contributed by atoms with Gasteiger partial charge < -0.3 is 25.2 Å². The maximum atomic E-state index is 12.7. The summed E-state index contributed by atoms with van der Waals surface area (Å²) in [6, 6.07) is -1.49. The van der Waals surface area contributed by atoms with Crippen LogP contribution in [0.3, 0.4) is 0 Å². The lowest BCUT2D eigenvalue weighted by atomic mass is 10.0. The number of unbranched alkanes of at least 4 members (excludes halogenated alkanes) is 21. The van der Waals surface area contributed by atoms with Crippen molar-refractivity contribution in [1.29, 1.82) is 0 Å². The minimum atomic E-state index is -4.64. The van der Waals surface area contributed by atoms with E-state index in [1.807, 2.05) is 6.08 Å². The summed E-state index contributed by atoms with van der Waals surface area (Å²) in [5.74, 6) is -1.84. The molecular weight excluding hydrogens is 850 g/mol.